The Balaban J connectivity index is 1.49. The summed E-state index contributed by atoms with van der Waals surface area (Å²) in [7, 11) is 1.63. The number of fused-ring (bicyclic) bond motifs is 1. The molecule has 1 fully saturated rings. The minimum atomic E-state index is -0.0820. The van der Waals surface area contributed by atoms with Crippen molar-refractivity contribution in [3.8, 4) is 17.2 Å². The van der Waals surface area contributed by atoms with Gasteiger partial charge >= 0.3 is 0 Å². The normalized spacial score (nSPS) is 19.4. The van der Waals surface area contributed by atoms with Gasteiger partial charge in [0.2, 0.25) is 12.5 Å². The van der Waals surface area contributed by atoms with E-state index in [-0.39, 0.29) is 18.3 Å². The average molecular weight is 343 g/mol. The third-order valence-electron chi connectivity index (χ3n) is 4.69. The Hall–Kier alpha value is -2.54. The zero-order valence-corrected chi connectivity index (χ0v) is 14.4. The van der Waals surface area contributed by atoms with Crippen LogP contribution in [0.4, 0.5) is 0 Å². The number of likely N-dealkylation sites (tertiary alicyclic amines) is 1. The lowest BCUT2D eigenvalue weighted by Gasteiger charge is -2.17. The van der Waals surface area contributed by atoms with Crippen molar-refractivity contribution in [2.24, 2.45) is 0 Å². The molecule has 132 valence electrons. The quantitative estimate of drug-likeness (QED) is 0.912. The van der Waals surface area contributed by atoms with Crippen LogP contribution in [0.15, 0.2) is 23.0 Å². The summed E-state index contributed by atoms with van der Waals surface area (Å²) in [4.78, 5) is 21.2. The third kappa shape index (κ3) is 3.19. The van der Waals surface area contributed by atoms with Crippen molar-refractivity contribution in [2.75, 3.05) is 27.0 Å². The Kier molecular flexibility index (Phi) is 4.09. The second-order valence-electron chi connectivity index (χ2n) is 6.51. The number of nitrogens with zero attached hydrogens (tertiary/aromatic N) is 2. The first-order valence-corrected chi connectivity index (χ1v) is 8.39. The van der Waals surface area contributed by atoms with Gasteiger partial charge in [0, 0.05) is 25.1 Å². The highest BCUT2D eigenvalue weighted by Crippen LogP contribution is 2.42. The molecule has 0 bridgehead atoms. The first kappa shape index (κ1) is 16.0. The maximum Gasteiger partial charge on any atom is 0.251 e. The van der Waals surface area contributed by atoms with Crippen LogP contribution < -0.4 is 19.8 Å². The summed E-state index contributed by atoms with van der Waals surface area (Å²) >= 11 is 0. The van der Waals surface area contributed by atoms with Crippen LogP contribution in [0.1, 0.15) is 29.4 Å². The average Bonchev–Trinajstić information content (AvgIpc) is 3.22. The van der Waals surface area contributed by atoms with Gasteiger partial charge in [-0.15, -0.1) is 0 Å². The van der Waals surface area contributed by atoms with E-state index in [1.807, 2.05) is 19.1 Å². The van der Waals surface area contributed by atoms with E-state index in [0.717, 1.165) is 43.1 Å². The lowest BCUT2D eigenvalue weighted by Crippen LogP contribution is -2.21. The Bertz CT molecular complexity index is 849. The summed E-state index contributed by atoms with van der Waals surface area (Å²) in [5.41, 5.74) is 1.92. The molecule has 25 heavy (non-hydrogen) atoms. The van der Waals surface area contributed by atoms with E-state index in [1.54, 1.807) is 13.2 Å². The Morgan fingerprint density at radius 1 is 1.36 bits per heavy atom. The van der Waals surface area contributed by atoms with Crippen LogP contribution in [0.3, 0.4) is 0 Å². The molecule has 7 heteroatoms. The monoisotopic (exact) mass is 343 g/mol. The molecule has 4 rings (SSSR count). The molecule has 2 aliphatic heterocycles. The molecule has 1 saturated heterocycles. The minimum absolute atomic E-state index is 0.0820. The fraction of sp³-hybridized carbons (Fsp3) is 0.444. The van der Waals surface area contributed by atoms with Crippen LogP contribution in [0.25, 0.3) is 0 Å². The molecule has 1 N–H and O–H groups in total. The summed E-state index contributed by atoms with van der Waals surface area (Å²) in [6, 6.07) is 5.62. The van der Waals surface area contributed by atoms with Gasteiger partial charge in [-0.1, -0.05) is 0 Å². The van der Waals surface area contributed by atoms with E-state index in [0.29, 0.717) is 17.3 Å². The SMILES string of the molecule is COc1cc(CN2CCC(c3cc(=O)[nH]c(C)n3)C2)cc2c1OCO2. The number of ether oxygens (including phenoxy) is 3. The zero-order valence-electron chi connectivity index (χ0n) is 14.4. The minimum Gasteiger partial charge on any atom is -0.493 e. The van der Waals surface area contributed by atoms with Gasteiger partial charge in [-0.05, 0) is 37.6 Å². The first-order valence-electron chi connectivity index (χ1n) is 8.39. The fourth-order valence-electron chi connectivity index (χ4n) is 3.56. The van der Waals surface area contributed by atoms with Crippen molar-refractivity contribution < 1.29 is 14.2 Å². The molecule has 2 aromatic rings. The van der Waals surface area contributed by atoms with Gasteiger partial charge in [0.25, 0.3) is 5.56 Å². The van der Waals surface area contributed by atoms with E-state index >= 15 is 0 Å². The van der Waals surface area contributed by atoms with E-state index in [1.165, 1.54) is 0 Å². The molecule has 0 aliphatic carbocycles. The highest BCUT2D eigenvalue weighted by atomic mass is 16.7. The molecule has 0 spiro atoms. The van der Waals surface area contributed by atoms with Crippen molar-refractivity contribution in [1.29, 1.82) is 0 Å². The number of H-pyrrole nitrogens is 1. The van der Waals surface area contributed by atoms with Crippen LogP contribution in [0.5, 0.6) is 17.2 Å². The summed E-state index contributed by atoms with van der Waals surface area (Å²) in [6.07, 6.45) is 0.998. The Labute approximate surface area is 145 Å². The molecule has 7 nitrogen and oxygen atoms in total. The van der Waals surface area contributed by atoms with Gasteiger partial charge in [0.1, 0.15) is 5.82 Å². The van der Waals surface area contributed by atoms with Gasteiger partial charge in [-0.25, -0.2) is 4.98 Å². The summed E-state index contributed by atoms with van der Waals surface area (Å²) in [6.45, 7) is 4.69. The topological polar surface area (TPSA) is 76.7 Å². The summed E-state index contributed by atoms with van der Waals surface area (Å²) < 4.78 is 16.3. The number of hydrogen-bond acceptors (Lipinski definition) is 6. The molecule has 1 unspecified atom stereocenters. The second kappa shape index (κ2) is 6.40. The molecule has 1 aromatic carbocycles. The number of methoxy groups -OCH3 is 1. The van der Waals surface area contributed by atoms with Crippen molar-refractivity contribution >= 4 is 0 Å². The van der Waals surface area contributed by atoms with E-state index in [4.69, 9.17) is 14.2 Å². The number of rotatable bonds is 4. The van der Waals surface area contributed by atoms with Gasteiger partial charge < -0.3 is 19.2 Å². The largest absolute Gasteiger partial charge is 0.493 e. The van der Waals surface area contributed by atoms with Crippen LogP contribution in [-0.4, -0.2) is 41.9 Å². The molecule has 3 heterocycles. The van der Waals surface area contributed by atoms with Gasteiger partial charge in [0.15, 0.2) is 11.5 Å². The molecule has 1 atom stereocenters. The highest BCUT2D eigenvalue weighted by Gasteiger charge is 2.27. The number of hydrogen-bond donors (Lipinski definition) is 1. The maximum atomic E-state index is 11.7. The lowest BCUT2D eigenvalue weighted by molar-refractivity contribution is 0.171. The van der Waals surface area contributed by atoms with E-state index in [9.17, 15) is 4.79 Å². The number of nitrogens with one attached hydrogen (secondary N) is 1. The van der Waals surface area contributed by atoms with Gasteiger partial charge in [-0.3, -0.25) is 9.69 Å². The van der Waals surface area contributed by atoms with Crippen LogP contribution >= 0.6 is 0 Å². The molecule has 0 saturated carbocycles. The van der Waals surface area contributed by atoms with Crippen molar-refractivity contribution in [2.45, 2.75) is 25.8 Å². The molecular weight excluding hydrogens is 322 g/mol. The standard InChI is InChI=1S/C18H21N3O4/c1-11-19-14(7-17(22)20-11)13-3-4-21(9-13)8-12-5-15(23-2)18-16(6-12)24-10-25-18/h5-7,13H,3-4,8-10H2,1-2H3,(H,19,20,22). The number of aromatic amines is 1. The molecular formula is C18H21N3O4. The summed E-state index contributed by atoms with van der Waals surface area (Å²) in [5.74, 6) is 3.07. The number of aryl methyl sites for hydroxylation is 1. The predicted octanol–water partition coefficient (Wildman–Crippen LogP) is 1.81. The van der Waals surface area contributed by atoms with Crippen LogP contribution in [0, 0.1) is 6.92 Å². The highest BCUT2D eigenvalue weighted by molar-refractivity contribution is 5.55. The van der Waals surface area contributed by atoms with Crippen molar-refractivity contribution in [3.63, 3.8) is 0 Å². The van der Waals surface area contributed by atoms with Crippen molar-refractivity contribution in [3.05, 3.63) is 45.6 Å². The van der Waals surface area contributed by atoms with Crippen LogP contribution in [-0.2, 0) is 6.54 Å². The lowest BCUT2D eigenvalue weighted by atomic mass is 10.0. The van der Waals surface area contributed by atoms with Crippen molar-refractivity contribution in [1.82, 2.24) is 14.9 Å². The van der Waals surface area contributed by atoms with Crippen LogP contribution in [0.2, 0.25) is 0 Å². The Morgan fingerprint density at radius 3 is 3.04 bits per heavy atom. The Morgan fingerprint density at radius 2 is 2.24 bits per heavy atom. The summed E-state index contributed by atoms with van der Waals surface area (Å²) in [5, 5.41) is 0. The second-order valence-corrected chi connectivity index (χ2v) is 6.51. The van der Waals surface area contributed by atoms with Gasteiger partial charge in [-0.2, -0.15) is 0 Å². The maximum absolute atomic E-state index is 11.7. The molecule has 0 amide bonds. The fourth-order valence-corrected chi connectivity index (χ4v) is 3.56. The molecule has 1 aromatic heterocycles. The van der Waals surface area contributed by atoms with E-state index in [2.05, 4.69) is 14.9 Å². The number of aromatic nitrogens is 2. The number of benzene rings is 1. The molecule has 2 aliphatic rings. The van der Waals surface area contributed by atoms with E-state index < -0.39 is 0 Å². The zero-order chi connectivity index (χ0) is 17.4. The van der Waals surface area contributed by atoms with Gasteiger partial charge in [0.05, 0.1) is 12.8 Å². The smallest absolute Gasteiger partial charge is 0.251 e. The third-order valence-corrected chi connectivity index (χ3v) is 4.69. The first-order chi connectivity index (χ1) is 12.1. The molecule has 0 radical (unpaired) electrons. The predicted molar refractivity (Wildman–Crippen MR) is 91.3 cm³/mol.